The Kier molecular flexibility index (Phi) is 5.00. The number of likely N-dealkylation sites (tertiary alicyclic amines) is 1. The first-order valence-electron chi connectivity index (χ1n) is 6.64. The molecule has 0 spiro atoms. The fourth-order valence-electron chi connectivity index (χ4n) is 2.37. The second kappa shape index (κ2) is 6.55. The van der Waals surface area contributed by atoms with Crippen LogP contribution >= 0.6 is 23.2 Å². The Morgan fingerprint density at radius 1 is 1.20 bits per heavy atom. The van der Waals surface area contributed by atoms with E-state index in [2.05, 4.69) is 5.32 Å². The lowest BCUT2D eigenvalue weighted by atomic mass is 10.0. The van der Waals surface area contributed by atoms with E-state index in [1.807, 2.05) is 17.0 Å². The second-order valence-electron chi connectivity index (χ2n) is 5.24. The monoisotopic (exact) mass is 315 g/mol. The summed E-state index contributed by atoms with van der Waals surface area (Å²) in [5, 5.41) is 4.68. The predicted molar refractivity (Wildman–Crippen MR) is 83.8 cm³/mol. The SMILES string of the molecule is CN(C)C(=O)N1CCC(Nc2cc(Cl)cc(Cl)c2)CC1. The molecule has 4 nitrogen and oxygen atoms in total. The average molecular weight is 316 g/mol. The lowest BCUT2D eigenvalue weighted by Gasteiger charge is -2.34. The molecular weight excluding hydrogens is 297 g/mol. The minimum absolute atomic E-state index is 0.0780. The normalized spacial score (nSPS) is 16.1. The number of benzene rings is 1. The van der Waals surface area contributed by atoms with Gasteiger partial charge in [-0.25, -0.2) is 4.79 Å². The molecule has 1 aliphatic heterocycles. The Balaban J connectivity index is 1.90. The molecule has 1 fully saturated rings. The zero-order valence-corrected chi connectivity index (χ0v) is 13.2. The first-order valence-corrected chi connectivity index (χ1v) is 7.40. The minimum atomic E-state index is 0.0780. The van der Waals surface area contributed by atoms with E-state index in [4.69, 9.17) is 23.2 Å². The number of anilines is 1. The van der Waals surface area contributed by atoms with Crippen molar-refractivity contribution < 1.29 is 4.79 Å². The van der Waals surface area contributed by atoms with Gasteiger partial charge in [0.1, 0.15) is 0 Å². The minimum Gasteiger partial charge on any atom is -0.382 e. The van der Waals surface area contributed by atoms with Crippen LogP contribution in [0.3, 0.4) is 0 Å². The molecule has 0 bridgehead atoms. The van der Waals surface area contributed by atoms with Gasteiger partial charge in [0.05, 0.1) is 0 Å². The average Bonchev–Trinajstić information content (AvgIpc) is 2.37. The van der Waals surface area contributed by atoms with Crippen LogP contribution in [0.2, 0.25) is 10.0 Å². The molecule has 0 radical (unpaired) electrons. The highest BCUT2D eigenvalue weighted by molar-refractivity contribution is 6.35. The van der Waals surface area contributed by atoms with E-state index in [-0.39, 0.29) is 6.03 Å². The number of halogens is 2. The van der Waals surface area contributed by atoms with Crippen molar-refractivity contribution in [3.8, 4) is 0 Å². The van der Waals surface area contributed by atoms with Crippen molar-refractivity contribution in [2.24, 2.45) is 0 Å². The maximum absolute atomic E-state index is 11.8. The fraction of sp³-hybridized carbons (Fsp3) is 0.500. The molecule has 0 aromatic heterocycles. The summed E-state index contributed by atoms with van der Waals surface area (Å²) in [6.45, 7) is 1.53. The molecule has 0 aliphatic carbocycles. The molecule has 1 N–H and O–H groups in total. The van der Waals surface area contributed by atoms with Crippen LogP contribution in [0.15, 0.2) is 18.2 Å². The molecule has 0 atom stereocenters. The number of hydrogen-bond acceptors (Lipinski definition) is 2. The van der Waals surface area contributed by atoms with Gasteiger partial charge in [-0.1, -0.05) is 23.2 Å². The van der Waals surface area contributed by atoms with Crippen molar-refractivity contribution in [3.63, 3.8) is 0 Å². The summed E-state index contributed by atoms with van der Waals surface area (Å²) in [5.41, 5.74) is 0.930. The number of urea groups is 1. The van der Waals surface area contributed by atoms with Gasteiger partial charge in [0, 0.05) is 49.0 Å². The van der Waals surface area contributed by atoms with Crippen LogP contribution in [0.4, 0.5) is 10.5 Å². The molecule has 20 heavy (non-hydrogen) atoms. The lowest BCUT2D eigenvalue weighted by molar-refractivity contribution is 0.158. The van der Waals surface area contributed by atoms with Crippen LogP contribution in [0.1, 0.15) is 12.8 Å². The third kappa shape index (κ3) is 3.93. The van der Waals surface area contributed by atoms with Crippen molar-refractivity contribution in [2.45, 2.75) is 18.9 Å². The Morgan fingerprint density at radius 3 is 2.25 bits per heavy atom. The number of hydrogen-bond donors (Lipinski definition) is 1. The van der Waals surface area contributed by atoms with Crippen molar-refractivity contribution in [1.29, 1.82) is 0 Å². The fourth-order valence-corrected chi connectivity index (χ4v) is 2.90. The quantitative estimate of drug-likeness (QED) is 0.906. The summed E-state index contributed by atoms with van der Waals surface area (Å²) >= 11 is 12.0. The number of nitrogens with zero attached hydrogens (tertiary/aromatic N) is 2. The highest BCUT2D eigenvalue weighted by atomic mass is 35.5. The van der Waals surface area contributed by atoms with Gasteiger partial charge in [0.2, 0.25) is 0 Å². The van der Waals surface area contributed by atoms with Crippen LogP contribution in [0.5, 0.6) is 0 Å². The van der Waals surface area contributed by atoms with Crippen molar-refractivity contribution in [1.82, 2.24) is 9.80 Å². The Hall–Kier alpha value is -1.13. The topological polar surface area (TPSA) is 35.6 Å². The summed E-state index contributed by atoms with van der Waals surface area (Å²) < 4.78 is 0. The van der Waals surface area contributed by atoms with E-state index in [1.165, 1.54) is 0 Å². The third-order valence-electron chi connectivity index (χ3n) is 3.38. The highest BCUT2D eigenvalue weighted by Crippen LogP contribution is 2.24. The number of amides is 2. The Morgan fingerprint density at radius 2 is 1.75 bits per heavy atom. The van der Waals surface area contributed by atoms with E-state index in [0.29, 0.717) is 16.1 Å². The summed E-state index contributed by atoms with van der Waals surface area (Å²) in [4.78, 5) is 15.3. The lowest BCUT2D eigenvalue weighted by Crippen LogP contribution is -2.46. The maximum atomic E-state index is 11.8. The zero-order chi connectivity index (χ0) is 14.7. The Bertz CT molecular complexity index is 465. The highest BCUT2D eigenvalue weighted by Gasteiger charge is 2.23. The number of nitrogens with one attached hydrogen (secondary N) is 1. The molecule has 1 aliphatic rings. The standard InChI is InChI=1S/C14H19Cl2N3O/c1-18(2)14(20)19-5-3-12(4-6-19)17-13-8-10(15)7-11(16)9-13/h7-9,12,17H,3-6H2,1-2H3. The first-order chi connectivity index (χ1) is 9.45. The van der Waals surface area contributed by atoms with E-state index < -0.39 is 0 Å². The molecule has 110 valence electrons. The number of rotatable bonds is 2. The van der Waals surface area contributed by atoms with Crippen LogP contribution in [-0.2, 0) is 0 Å². The van der Waals surface area contributed by atoms with Crippen molar-refractivity contribution in [3.05, 3.63) is 28.2 Å². The Labute approximate surface area is 129 Å². The van der Waals surface area contributed by atoms with E-state index in [0.717, 1.165) is 31.6 Å². The van der Waals surface area contributed by atoms with Gasteiger partial charge < -0.3 is 15.1 Å². The van der Waals surface area contributed by atoms with Gasteiger partial charge in [-0.15, -0.1) is 0 Å². The molecule has 1 saturated heterocycles. The third-order valence-corrected chi connectivity index (χ3v) is 3.82. The molecule has 1 aromatic carbocycles. The molecule has 2 amide bonds. The van der Waals surface area contributed by atoms with Crippen molar-refractivity contribution in [2.75, 3.05) is 32.5 Å². The van der Waals surface area contributed by atoms with Crippen LogP contribution in [0, 0.1) is 0 Å². The van der Waals surface area contributed by atoms with Gasteiger partial charge >= 0.3 is 6.03 Å². The largest absolute Gasteiger partial charge is 0.382 e. The van der Waals surface area contributed by atoms with Crippen LogP contribution in [0.25, 0.3) is 0 Å². The number of carbonyl (C=O) groups excluding carboxylic acids is 1. The summed E-state index contributed by atoms with van der Waals surface area (Å²) in [5.74, 6) is 0. The molecule has 2 rings (SSSR count). The van der Waals surface area contributed by atoms with E-state index >= 15 is 0 Å². The van der Waals surface area contributed by atoms with E-state index in [9.17, 15) is 4.79 Å². The molecule has 0 unspecified atom stereocenters. The van der Waals surface area contributed by atoms with Gasteiger partial charge in [-0.3, -0.25) is 0 Å². The summed E-state index contributed by atoms with van der Waals surface area (Å²) in [6.07, 6.45) is 1.84. The number of carbonyl (C=O) groups is 1. The molecule has 0 saturated carbocycles. The van der Waals surface area contributed by atoms with Gasteiger partial charge in [0.15, 0.2) is 0 Å². The molecule has 1 aromatic rings. The van der Waals surface area contributed by atoms with E-state index in [1.54, 1.807) is 25.1 Å². The smallest absolute Gasteiger partial charge is 0.319 e. The maximum Gasteiger partial charge on any atom is 0.319 e. The summed E-state index contributed by atoms with van der Waals surface area (Å²) in [6, 6.07) is 5.87. The zero-order valence-electron chi connectivity index (χ0n) is 11.7. The number of piperidine rings is 1. The van der Waals surface area contributed by atoms with Gasteiger partial charge in [0.25, 0.3) is 0 Å². The first kappa shape index (κ1) is 15.3. The van der Waals surface area contributed by atoms with Gasteiger partial charge in [-0.2, -0.15) is 0 Å². The second-order valence-corrected chi connectivity index (χ2v) is 6.11. The van der Waals surface area contributed by atoms with Crippen LogP contribution in [-0.4, -0.2) is 49.1 Å². The molecular formula is C14H19Cl2N3O. The molecule has 6 heteroatoms. The van der Waals surface area contributed by atoms with Crippen LogP contribution < -0.4 is 5.32 Å². The van der Waals surface area contributed by atoms with Crippen molar-refractivity contribution >= 4 is 34.9 Å². The molecule has 1 heterocycles. The summed E-state index contributed by atoms with van der Waals surface area (Å²) in [7, 11) is 3.56. The predicted octanol–water partition coefficient (Wildman–Crippen LogP) is 3.55. The van der Waals surface area contributed by atoms with Gasteiger partial charge in [-0.05, 0) is 31.0 Å².